The van der Waals surface area contributed by atoms with E-state index in [9.17, 15) is 14.7 Å². The normalized spacial score (nSPS) is 11.2. The number of rotatable bonds is 6. The first kappa shape index (κ1) is 15.8. The fourth-order valence-electron chi connectivity index (χ4n) is 2.73. The molecule has 0 fully saturated rings. The van der Waals surface area contributed by atoms with Crippen LogP contribution in [0, 0.1) is 0 Å². The Balaban J connectivity index is 1.49. The molecule has 0 bridgehead atoms. The lowest BCUT2D eigenvalue weighted by Crippen LogP contribution is -2.13. The van der Waals surface area contributed by atoms with Gasteiger partial charge in [-0.15, -0.1) is 14.1 Å². The fourth-order valence-corrected chi connectivity index (χ4v) is 2.73. The molecule has 8 heteroatoms. The lowest BCUT2D eigenvalue weighted by atomic mass is 10.2. The van der Waals surface area contributed by atoms with Gasteiger partial charge in [0.25, 0.3) is 0 Å². The molecule has 0 radical (unpaired) electrons. The zero-order valence-electron chi connectivity index (χ0n) is 13.7. The summed E-state index contributed by atoms with van der Waals surface area (Å²) in [4.78, 5) is 24.8. The first-order chi connectivity index (χ1) is 12.6. The second-order valence-corrected chi connectivity index (χ2v) is 5.57. The van der Waals surface area contributed by atoms with Crippen LogP contribution in [0.3, 0.4) is 0 Å². The highest BCUT2D eigenvalue weighted by Gasteiger charge is 2.26. The third-order valence-corrected chi connectivity index (χ3v) is 3.97. The van der Waals surface area contributed by atoms with Crippen LogP contribution in [0.1, 0.15) is 10.4 Å². The number of phenolic OH excluding ortho intramolecular Hbond substituents is 1. The van der Waals surface area contributed by atoms with Crippen molar-refractivity contribution < 1.29 is 24.2 Å². The molecule has 26 heavy (non-hydrogen) atoms. The van der Waals surface area contributed by atoms with Crippen molar-refractivity contribution in [2.45, 2.75) is 0 Å². The van der Waals surface area contributed by atoms with Gasteiger partial charge in [0.1, 0.15) is 35.7 Å². The van der Waals surface area contributed by atoms with E-state index in [0.29, 0.717) is 11.3 Å². The van der Waals surface area contributed by atoms with Crippen molar-refractivity contribution in [3.63, 3.8) is 0 Å². The third-order valence-electron chi connectivity index (χ3n) is 3.97. The predicted octanol–water partition coefficient (Wildman–Crippen LogP) is 2.01. The Bertz CT molecular complexity index is 1120. The molecule has 1 N–H and O–H groups in total. The van der Waals surface area contributed by atoms with Gasteiger partial charge >= 0.3 is 11.9 Å². The van der Waals surface area contributed by atoms with Gasteiger partial charge in [-0.1, -0.05) is 18.7 Å². The van der Waals surface area contributed by atoms with Crippen LogP contribution in [0.4, 0.5) is 0 Å². The predicted molar refractivity (Wildman–Crippen MR) is 92.0 cm³/mol. The molecule has 0 aliphatic carbocycles. The van der Waals surface area contributed by atoms with Crippen LogP contribution in [0.5, 0.6) is 5.75 Å². The molecule has 2 heterocycles. The zero-order valence-corrected chi connectivity index (χ0v) is 13.7. The standard InChI is InChI=1S/C18H15N3O5/c1-2-17(23)25-9-10-26-18(24)12-7-8-13-15(11-12)21-19(13)20(21)14-5-3-4-6-16(14)22/h2-8,11,22H,1,9-10H2. The molecule has 2 aromatic heterocycles. The molecule has 0 aliphatic heterocycles. The van der Waals surface area contributed by atoms with Crippen molar-refractivity contribution in [2.75, 3.05) is 13.2 Å². The van der Waals surface area contributed by atoms with Gasteiger partial charge in [-0.25, -0.2) is 9.59 Å². The molecule has 0 spiro atoms. The minimum absolute atomic E-state index is 0.0253. The van der Waals surface area contributed by atoms with Crippen molar-refractivity contribution in [3.8, 4) is 11.4 Å². The summed E-state index contributed by atoms with van der Waals surface area (Å²) in [5.41, 5.74) is 2.80. The van der Waals surface area contributed by atoms with E-state index in [0.717, 1.165) is 17.1 Å². The maximum atomic E-state index is 12.1. The molecule has 0 saturated carbocycles. The Kier molecular flexibility index (Phi) is 3.65. The van der Waals surface area contributed by atoms with E-state index in [1.54, 1.807) is 41.2 Å². The van der Waals surface area contributed by atoms with Crippen molar-refractivity contribution in [1.82, 2.24) is 14.1 Å². The average Bonchev–Trinajstić information content (AvgIpc) is 3.31. The van der Waals surface area contributed by atoms with Gasteiger partial charge in [0.15, 0.2) is 0 Å². The highest BCUT2D eigenvalue weighted by molar-refractivity contribution is 5.94. The van der Waals surface area contributed by atoms with E-state index in [-0.39, 0.29) is 19.0 Å². The molecule has 0 amide bonds. The molecule has 8 nitrogen and oxygen atoms in total. The maximum absolute atomic E-state index is 12.1. The molecule has 132 valence electrons. The van der Waals surface area contributed by atoms with Crippen LogP contribution in [-0.4, -0.2) is 44.3 Å². The van der Waals surface area contributed by atoms with Gasteiger partial charge in [0.05, 0.1) is 5.56 Å². The van der Waals surface area contributed by atoms with Crippen LogP contribution in [0.25, 0.3) is 16.7 Å². The highest BCUT2D eigenvalue weighted by atomic mass is 16.6. The fraction of sp³-hybridized carbons (Fsp3) is 0.111. The number of aromatic nitrogens is 3. The smallest absolute Gasteiger partial charge is 0.338 e. The summed E-state index contributed by atoms with van der Waals surface area (Å²) in [7, 11) is 0. The van der Waals surface area contributed by atoms with Crippen LogP contribution in [-0.2, 0) is 14.3 Å². The van der Waals surface area contributed by atoms with Crippen LogP contribution in [0.15, 0.2) is 55.1 Å². The zero-order chi connectivity index (χ0) is 18.3. The van der Waals surface area contributed by atoms with Crippen molar-refractivity contribution in [1.29, 1.82) is 0 Å². The van der Waals surface area contributed by atoms with E-state index in [1.165, 1.54) is 0 Å². The number of carbonyl (C=O) groups is 2. The third kappa shape index (κ3) is 2.48. The number of benzene rings is 2. The van der Waals surface area contributed by atoms with E-state index in [2.05, 4.69) is 6.58 Å². The maximum Gasteiger partial charge on any atom is 0.338 e. The first-order valence-electron chi connectivity index (χ1n) is 7.90. The minimum atomic E-state index is -0.562. The molecule has 4 rings (SSSR count). The van der Waals surface area contributed by atoms with Gasteiger partial charge in [0, 0.05) is 6.08 Å². The number of ether oxygens (including phenoxy) is 2. The summed E-state index contributed by atoms with van der Waals surface area (Å²) < 4.78 is 13.5. The summed E-state index contributed by atoms with van der Waals surface area (Å²) in [5, 5.41) is 9.97. The lowest BCUT2D eigenvalue weighted by molar-refractivity contribution is -0.138. The Morgan fingerprint density at radius 3 is 2.54 bits per heavy atom. The highest BCUT2D eigenvalue weighted by Crippen LogP contribution is 2.30. The van der Waals surface area contributed by atoms with E-state index >= 15 is 0 Å². The number of phenols is 1. The monoisotopic (exact) mass is 353 g/mol. The Hall–Kier alpha value is -3.68. The van der Waals surface area contributed by atoms with Gasteiger partial charge < -0.3 is 14.6 Å². The van der Waals surface area contributed by atoms with E-state index in [1.807, 2.05) is 15.3 Å². The number of nitrogens with zero attached hydrogens (tertiary/aromatic N) is 3. The van der Waals surface area contributed by atoms with Gasteiger partial charge in [-0.2, -0.15) is 0 Å². The summed E-state index contributed by atoms with van der Waals surface area (Å²) in [6, 6.07) is 12.2. The molecule has 0 atom stereocenters. The number of para-hydroxylation sites is 2. The number of fused-ring (bicyclic) bond motifs is 4. The molecular weight excluding hydrogens is 338 g/mol. The number of esters is 2. The average molecular weight is 353 g/mol. The Morgan fingerprint density at radius 2 is 1.77 bits per heavy atom. The lowest BCUT2D eigenvalue weighted by Gasteiger charge is -2.06. The van der Waals surface area contributed by atoms with Gasteiger partial charge in [0.2, 0.25) is 0 Å². The second kappa shape index (κ2) is 5.99. The quantitative estimate of drug-likeness (QED) is 0.326. The topological polar surface area (TPSA) is 86.6 Å². The molecule has 2 aromatic carbocycles. The van der Waals surface area contributed by atoms with Crippen molar-refractivity contribution in [2.24, 2.45) is 0 Å². The van der Waals surface area contributed by atoms with Crippen LogP contribution < -0.4 is 0 Å². The van der Waals surface area contributed by atoms with Crippen LogP contribution >= 0.6 is 0 Å². The number of hydrogen-bond donors (Lipinski definition) is 1. The SMILES string of the molecule is C=CC(=O)OCCOC(=O)c1ccc2c(c1)n1n(-c3ccccc3O)n21. The molecule has 0 saturated heterocycles. The summed E-state index contributed by atoms with van der Waals surface area (Å²) in [5.74, 6) is -0.897. The van der Waals surface area contributed by atoms with E-state index < -0.39 is 11.9 Å². The van der Waals surface area contributed by atoms with Crippen LogP contribution in [0.2, 0.25) is 0 Å². The molecule has 0 aliphatic rings. The Labute approximate surface area is 147 Å². The van der Waals surface area contributed by atoms with E-state index in [4.69, 9.17) is 9.47 Å². The molecule has 4 aromatic rings. The number of aromatic hydroxyl groups is 1. The largest absolute Gasteiger partial charge is 0.506 e. The minimum Gasteiger partial charge on any atom is -0.506 e. The number of carbonyl (C=O) groups excluding carboxylic acids is 2. The molecule has 0 unspecified atom stereocenters. The molecular formula is C18H15N3O5. The summed E-state index contributed by atoms with van der Waals surface area (Å²) in [6.45, 7) is 3.22. The summed E-state index contributed by atoms with van der Waals surface area (Å²) in [6.07, 6.45) is 1.05. The summed E-state index contributed by atoms with van der Waals surface area (Å²) >= 11 is 0. The van der Waals surface area contributed by atoms with Gasteiger partial charge in [-0.3, -0.25) is 0 Å². The second-order valence-electron chi connectivity index (χ2n) is 5.57. The van der Waals surface area contributed by atoms with Crippen molar-refractivity contribution >= 4 is 23.0 Å². The number of hydrogen-bond acceptors (Lipinski definition) is 5. The van der Waals surface area contributed by atoms with Gasteiger partial charge in [-0.05, 0) is 30.3 Å². The van der Waals surface area contributed by atoms with Crippen molar-refractivity contribution in [3.05, 3.63) is 60.7 Å². The Morgan fingerprint density at radius 1 is 1.04 bits per heavy atom. The first-order valence-corrected chi connectivity index (χ1v) is 7.90.